The predicted octanol–water partition coefficient (Wildman–Crippen LogP) is 3.08. The smallest absolute Gasteiger partial charge is 0.242 e. The fourth-order valence-electron chi connectivity index (χ4n) is 2.76. The molecule has 1 aliphatic rings. The molecule has 0 spiro atoms. The number of aromatic nitrogens is 2. The standard InChI is InChI=1S/C14H15Cl2N3O2S/c1-19-13-4-2-3-12(10(13)8-17-19)18-22(20,21)14-7-9(15)5-6-11(14)16/h5-8,12,18H,2-4H2,1H3. The molecule has 5 nitrogen and oxygen atoms in total. The highest BCUT2D eigenvalue weighted by atomic mass is 35.5. The van der Waals surface area contributed by atoms with Gasteiger partial charge in [-0.05, 0) is 37.5 Å². The lowest BCUT2D eigenvalue weighted by Gasteiger charge is -2.24. The van der Waals surface area contributed by atoms with E-state index in [4.69, 9.17) is 23.2 Å². The molecule has 22 heavy (non-hydrogen) atoms. The monoisotopic (exact) mass is 359 g/mol. The maximum absolute atomic E-state index is 12.6. The summed E-state index contributed by atoms with van der Waals surface area (Å²) in [6.45, 7) is 0. The van der Waals surface area contributed by atoms with Crippen molar-refractivity contribution in [3.8, 4) is 0 Å². The minimum Gasteiger partial charge on any atom is -0.272 e. The Balaban J connectivity index is 1.94. The molecule has 0 radical (unpaired) electrons. The van der Waals surface area contributed by atoms with Crippen LogP contribution >= 0.6 is 23.2 Å². The van der Waals surface area contributed by atoms with E-state index in [-0.39, 0.29) is 16.0 Å². The molecule has 118 valence electrons. The summed E-state index contributed by atoms with van der Waals surface area (Å²) in [5.41, 5.74) is 1.99. The van der Waals surface area contributed by atoms with Crippen molar-refractivity contribution in [1.29, 1.82) is 0 Å². The molecule has 3 rings (SSSR count). The van der Waals surface area contributed by atoms with Crippen LogP contribution in [0.3, 0.4) is 0 Å². The van der Waals surface area contributed by atoms with E-state index >= 15 is 0 Å². The van der Waals surface area contributed by atoms with E-state index in [1.807, 2.05) is 7.05 Å². The Hall–Kier alpha value is -1.08. The maximum Gasteiger partial charge on any atom is 0.242 e. The molecule has 1 aromatic carbocycles. The summed E-state index contributed by atoms with van der Waals surface area (Å²) in [5.74, 6) is 0. The van der Waals surface area contributed by atoms with Gasteiger partial charge in [0, 0.05) is 23.3 Å². The highest BCUT2D eigenvalue weighted by Crippen LogP contribution is 2.32. The molecule has 1 unspecified atom stereocenters. The Morgan fingerprint density at radius 1 is 1.36 bits per heavy atom. The summed E-state index contributed by atoms with van der Waals surface area (Å²) in [5, 5.41) is 4.70. The third-order valence-corrected chi connectivity index (χ3v) is 6.04. The van der Waals surface area contributed by atoms with E-state index in [0.29, 0.717) is 5.02 Å². The SMILES string of the molecule is Cn1ncc2c1CCCC2NS(=O)(=O)c1cc(Cl)ccc1Cl. The first kappa shape index (κ1) is 15.8. The zero-order valence-corrected chi connectivity index (χ0v) is 14.2. The van der Waals surface area contributed by atoms with Gasteiger partial charge < -0.3 is 0 Å². The van der Waals surface area contributed by atoms with Crippen LogP contribution in [0.25, 0.3) is 0 Å². The van der Waals surface area contributed by atoms with Crippen LogP contribution in [-0.4, -0.2) is 18.2 Å². The third-order valence-electron chi connectivity index (χ3n) is 3.86. The van der Waals surface area contributed by atoms with Gasteiger partial charge >= 0.3 is 0 Å². The number of rotatable bonds is 3. The number of halogens is 2. The van der Waals surface area contributed by atoms with Gasteiger partial charge in [-0.15, -0.1) is 0 Å². The van der Waals surface area contributed by atoms with Crippen molar-refractivity contribution in [1.82, 2.24) is 14.5 Å². The molecule has 0 fully saturated rings. The lowest BCUT2D eigenvalue weighted by Crippen LogP contribution is -2.31. The quantitative estimate of drug-likeness (QED) is 0.915. The van der Waals surface area contributed by atoms with Crippen LogP contribution in [0, 0.1) is 0 Å². The maximum atomic E-state index is 12.6. The number of fused-ring (bicyclic) bond motifs is 1. The number of nitrogens with zero attached hydrogens (tertiary/aromatic N) is 2. The van der Waals surface area contributed by atoms with Gasteiger partial charge in [-0.1, -0.05) is 23.2 Å². The summed E-state index contributed by atoms with van der Waals surface area (Å²) < 4.78 is 29.7. The van der Waals surface area contributed by atoms with Crippen molar-refractivity contribution in [2.75, 3.05) is 0 Å². The Bertz CT molecular complexity index is 817. The molecule has 2 aromatic rings. The van der Waals surface area contributed by atoms with Crippen LogP contribution < -0.4 is 4.72 Å². The van der Waals surface area contributed by atoms with Gasteiger partial charge in [0.15, 0.2) is 0 Å². The van der Waals surface area contributed by atoms with Gasteiger partial charge in [0.1, 0.15) is 4.90 Å². The van der Waals surface area contributed by atoms with Gasteiger partial charge in [-0.2, -0.15) is 5.10 Å². The Morgan fingerprint density at radius 3 is 2.91 bits per heavy atom. The van der Waals surface area contributed by atoms with E-state index in [0.717, 1.165) is 30.5 Å². The molecule has 1 aliphatic carbocycles. The van der Waals surface area contributed by atoms with E-state index in [9.17, 15) is 8.42 Å². The van der Waals surface area contributed by atoms with Gasteiger partial charge in [-0.25, -0.2) is 13.1 Å². The normalized spacial score (nSPS) is 18.2. The lowest BCUT2D eigenvalue weighted by molar-refractivity contribution is 0.498. The number of hydrogen-bond acceptors (Lipinski definition) is 3. The minimum atomic E-state index is -3.75. The second-order valence-corrected chi connectivity index (χ2v) is 7.84. The zero-order chi connectivity index (χ0) is 15.9. The van der Waals surface area contributed by atoms with Crippen molar-refractivity contribution in [2.45, 2.75) is 30.2 Å². The van der Waals surface area contributed by atoms with Crippen LogP contribution in [0.15, 0.2) is 29.3 Å². The fourth-order valence-corrected chi connectivity index (χ4v) is 4.77. The van der Waals surface area contributed by atoms with E-state index < -0.39 is 10.0 Å². The van der Waals surface area contributed by atoms with Crippen molar-refractivity contribution in [3.63, 3.8) is 0 Å². The summed E-state index contributed by atoms with van der Waals surface area (Å²) in [4.78, 5) is -0.00215. The van der Waals surface area contributed by atoms with Crippen molar-refractivity contribution in [2.24, 2.45) is 7.05 Å². The van der Waals surface area contributed by atoms with E-state index in [1.165, 1.54) is 12.1 Å². The number of sulfonamides is 1. The van der Waals surface area contributed by atoms with Crippen LogP contribution in [0.2, 0.25) is 10.0 Å². The first-order valence-electron chi connectivity index (χ1n) is 6.86. The topological polar surface area (TPSA) is 64.0 Å². The first-order valence-corrected chi connectivity index (χ1v) is 9.10. The van der Waals surface area contributed by atoms with Crippen LogP contribution in [0.1, 0.15) is 30.1 Å². The number of benzene rings is 1. The zero-order valence-electron chi connectivity index (χ0n) is 11.9. The van der Waals surface area contributed by atoms with Crippen LogP contribution in [0.4, 0.5) is 0 Å². The molecule has 0 saturated carbocycles. The fraction of sp³-hybridized carbons (Fsp3) is 0.357. The molecule has 1 heterocycles. The average molecular weight is 360 g/mol. The van der Waals surface area contributed by atoms with Crippen molar-refractivity contribution >= 4 is 33.2 Å². The lowest BCUT2D eigenvalue weighted by atomic mass is 9.94. The van der Waals surface area contributed by atoms with Gasteiger partial charge in [0.05, 0.1) is 17.3 Å². The number of aryl methyl sites for hydroxylation is 1. The third kappa shape index (κ3) is 2.88. The van der Waals surface area contributed by atoms with Crippen LogP contribution in [0.5, 0.6) is 0 Å². The Kier molecular flexibility index (Phi) is 4.20. The van der Waals surface area contributed by atoms with Gasteiger partial charge in [-0.3, -0.25) is 4.68 Å². The predicted molar refractivity (Wildman–Crippen MR) is 85.7 cm³/mol. The summed E-state index contributed by atoms with van der Waals surface area (Å²) in [7, 11) is -1.89. The summed E-state index contributed by atoms with van der Waals surface area (Å²) in [6.07, 6.45) is 4.27. The highest BCUT2D eigenvalue weighted by Gasteiger charge is 2.29. The Morgan fingerprint density at radius 2 is 2.14 bits per heavy atom. The van der Waals surface area contributed by atoms with E-state index in [1.54, 1.807) is 16.9 Å². The average Bonchev–Trinajstić information content (AvgIpc) is 2.84. The number of hydrogen-bond donors (Lipinski definition) is 1. The Labute approximate surface area is 139 Å². The van der Waals surface area contributed by atoms with E-state index in [2.05, 4.69) is 9.82 Å². The second kappa shape index (κ2) is 5.85. The highest BCUT2D eigenvalue weighted by molar-refractivity contribution is 7.89. The summed E-state index contributed by atoms with van der Waals surface area (Å²) in [6, 6.07) is 4.11. The van der Waals surface area contributed by atoms with Crippen molar-refractivity contribution in [3.05, 3.63) is 45.7 Å². The van der Waals surface area contributed by atoms with Gasteiger partial charge in [0.25, 0.3) is 0 Å². The first-order chi connectivity index (χ1) is 10.4. The molecule has 0 aliphatic heterocycles. The largest absolute Gasteiger partial charge is 0.272 e. The van der Waals surface area contributed by atoms with Gasteiger partial charge in [0.2, 0.25) is 10.0 Å². The molecule has 8 heteroatoms. The molecular weight excluding hydrogens is 345 g/mol. The molecule has 0 saturated heterocycles. The minimum absolute atomic E-state index is 0.00215. The molecule has 1 N–H and O–H groups in total. The second-order valence-electron chi connectivity index (χ2n) is 5.31. The molecule has 1 atom stereocenters. The molecule has 0 amide bonds. The molecular formula is C14H15Cl2N3O2S. The summed E-state index contributed by atoms with van der Waals surface area (Å²) >= 11 is 11.9. The molecule has 1 aromatic heterocycles. The number of nitrogens with one attached hydrogen (secondary N) is 1. The van der Waals surface area contributed by atoms with Crippen LogP contribution in [-0.2, 0) is 23.5 Å². The van der Waals surface area contributed by atoms with Crippen molar-refractivity contribution < 1.29 is 8.42 Å². The molecule has 0 bridgehead atoms.